The normalized spacial score (nSPS) is 19.6. The second kappa shape index (κ2) is 7.28. The quantitative estimate of drug-likeness (QED) is 0.920. The van der Waals surface area contributed by atoms with Gasteiger partial charge in [0, 0.05) is 29.6 Å². The fraction of sp³-hybridized carbons (Fsp3) is 0.444. The molecule has 5 heteroatoms. The van der Waals surface area contributed by atoms with Crippen LogP contribution < -0.4 is 0 Å². The van der Waals surface area contributed by atoms with Gasteiger partial charge >= 0.3 is 5.97 Å². The lowest BCUT2D eigenvalue weighted by molar-refractivity contribution is -0.138. The van der Waals surface area contributed by atoms with E-state index in [1.807, 2.05) is 30.5 Å². The maximum Gasteiger partial charge on any atom is 0.303 e. The van der Waals surface area contributed by atoms with Gasteiger partial charge in [0.15, 0.2) is 0 Å². The number of hydrogen-bond donors (Lipinski definition) is 1. The zero-order valence-electron chi connectivity index (χ0n) is 13.0. The average molecular weight is 333 g/mol. The number of aliphatic carboxylic acids is 1. The number of carboxylic acids is 1. The largest absolute Gasteiger partial charge is 0.481 e. The smallest absolute Gasteiger partial charge is 0.303 e. The molecule has 1 aromatic heterocycles. The van der Waals surface area contributed by atoms with Crippen LogP contribution in [-0.2, 0) is 11.3 Å². The Morgan fingerprint density at radius 2 is 2.22 bits per heavy atom. The van der Waals surface area contributed by atoms with Gasteiger partial charge < -0.3 is 5.11 Å². The van der Waals surface area contributed by atoms with E-state index in [0.29, 0.717) is 5.92 Å². The molecular weight excluding hydrogens is 312 g/mol. The maximum absolute atomic E-state index is 10.9. The number of pyridine rings is 1. The van der Waals surface area contributed by atoms with Crippen molar-refractivity contribution < 1.29 is 9.90 Å². The highest BCUT2D eigenvalue weighted by Gasteiger charge is 2.20. The lowest BCUT2D eigenvalue weighted by Crippen LogP contribution is -2.24. The topological polar surface area (TPSA) is 53.4 Å². The predicted molar refractivity (Wildman–Crippen MR) is 91.6 cm³/mol. The van der Waals surface area contributed by atoms with Crippen molar-refractivity contribution in [1.29, 1.82) is 0 Å². The lowest BCUT2D eigenvalue weighted by Gasteiger charge is -2.21. The Bertz CT molecular complexity index is 704. The molecule has 1 saturated heterocycles. The first-order valence-corrected chi connectivity index (χ1v) is 8.47. The minimum atomic E-state index is -0.687. The molecule has 0 radical (unpaired) electrons. The first-order chi connectivity index (χ1) is 11.1. The van der Waals surface area contributed by atoms with Gasteiger partial charge in [0.1, 0.15) is 0 Å². The number of fused-ring (bicyclic) bond motifs is 1. The van der Waals surface area contributed by atoms with Crippen LogP contribution in [0, 0.1) is 5.92 Å². The molecule has 3 rings (SSSR count). The summed E-state index contributed by atoms with van der Waals surface area (Å²) in [5.41, 5.74) is 2.15. The third-order valence-corrected chi connectivity index (χ3v) is 4.76. The molecule has 1 aromatic carbocycles. The van der Waals surface area contributed by atoms with Crippen LogP contribution in [0.5, 0.6) is 0 Å². The van der Waals surface area contributed by atoms with E-state index in [4.69, 9.17) is 16.7 Å². The number of nitrogens with zero attached hydrogens (tertiary/aromatic N) is 2. The average Bonchev–Trinajstić information content (AvgIpc) is 2.72. The lowest BCUT2D eigenvalue weighted by atomic mass is 9.97. The molecule has 0 unspecified atom stereocenters. The van der Waals surface area contributed by atoms with Gasteiger partial charge in [-0.25, -0.2) is 0 Å². The highest BCUT2D eigenvalue weighted by molar-refractivity contribution is 6.31. The van der Waals surface area contributed by atoms with Gasteiger partial charge in [-0.3, -0.25) is 14.7 Å². The van der Waals surface area contributed by atoms with Crippen molar-refractivity contribution in [2.75, 3.05) is 13.1 Å². The Morgan fingerprint density at radius 3 is 3.04 bits per heavy atom. The molecule has 0 bridgehead atoms. The van der Waals surface area contributed by atoms with Crippen molar-refractivity contribution >= 4 is 28.5 Å². The number of benzene rings is 1. The molecule has 0 spiro atoms. The third kappa shape index (κ3) is 4.21. The van der Waals surface area contributed by atoms with E-state index in [0.717, 1.165) is 60.4 Å². The van der Waals surface area contributed by atoms with E-state index < -0.39 is 5.97 Å². The van der Waals surface area contributed by atoms with Crippen LogP contribution in [0.1, 0.15) is 31.2 Å². The Balaban J connectivity index is 1.73. The number of rotatable bonds is 4. The number of hydrogen-bond acceptors (Lipinski definition) is 3. The van der Waals surface area contributed by atoms with Gasteiger partial charge in [0.2, 0.25) is 0 Å². The first-order valence-electron chi connectivity index (χ1n) is 8.09. The standard InChI is InChI=1S/C18H21ClN2O2/c19-16-10-14-4-1-6-20-18(14)15(11-16)12-21-7-2-3-13(5-8-21)9-17(22)23/h1,4,6,10-11,13H,2-3,5,7-9,12H2,(H,22,23)/t13-/m0/s1. The SMILES string of the molecule is O=C(O)C[C@H]1CCCN(Cc2cc(Cl)cc3cccnc23)CC1. The summed E-state index contributed by atoms with van der Waals surface area (Å²) in [5.74, 6) is -0.389. The maximum atomic E-state index is 10.9. The molecule has 1 aliphatic heterocycles. The van der Waals surface area contributed by atoms with E-state index in [9.17, 15) is 4.79 Å². The van der Waals surface area contributed by atoms with Crippen LogP contribution in [0.4, 0.5) is 0 Å². The highest BCUT2D eigenvalue weighted by atomic mass is 35.5. The molecule has 1 N–H and O–H groups in total. The molecule has 1 aliphatic rings. The summed E-state index contributed by atoms with van der Waals surface area (Å²) in [7, 11) is 0. The van der Waals surface area contributed by atoms with Gasteiger partial charge in [-0.15, -0.1) is 0 Å². The molecule has 0 saturated carbocycles. The molecule has 1 atom stereocenters. The Labute approximate surface area is 141 Å². The molecule has 0 aliphatic carbocycles. The van der Waals surface area contributed by atoms with E-state index in [1.165, 1.54) is 0 Å². The summed E-state index contributed by atoms with van der Waals surface area (Å²) in [6, 6.07) is 7.89. The van der Waals surface area contributed by atoms with Crippen LogP contribution in [0.2, 0.25) is 5.02 Å². The van der Waals surface area contributed by atoms with Crippen LogP contribution in [0.15, 0.2) is 30.5 Å². The fourth-order valence-corrected chi connectivity index (χ4v) is 3.67. The second-order valence-electron chi connectivity index (χ2n) is 6.31. The molecule has 23 heavy (non-hydrogen) atoms. The summed E-state index contributed by atoms with van der Waals surface area (Å²) in [6.45, 7) is 2.74. The molecule has 1 fully saturated rings. The first kappa shape index (κ1) is 16.2. The minimum absolute atomic E-state index is 0.287. The zero-order chi connectivity index (χ0) is 16.2. The molecule has 4 nitrogen and oxygen atoms in total. The second-order valence-corrected chi connectivity index (χ2v) is 6.75. The zero-order valence-corrected chi connectivity index (χ0v) is 13.8. The van der Waals surface area contributed by atoms with Gasteiger partial charge in [-0.05, 0) is 62.0 Å². The number of halogens is 1. The Kier molecular flexibility index (Phi) is 5.13. The predicted octanol–water partition coefficient (Wildman–Crippen LogP) is 3.97. The van der Waals surface area contributed by atoms with Gasteiger partial charge in [-0.1, -0.05) is 17.7 Å². The number of likely N-dealkylation sites (tertiary alicyclic amines) is 1. The van der Waals surface area contributed by atoms with E-state index >= 15 is 0 Å². The minimum Gasteiger partial charge on any atom is -0.481 e. The van der Waals surface area contributed by atoms with E-state index in [1.54, 1.807) is 0 Å². The fourth-order valence-electron chi connectivity index (χ4n) is 3.42. The Hall–Kier alpha value is -1.65. The number of aromatic nitrogens is 1. The van der Waals surface area contributed by atoms with Crippen LogP contribution in [0.3, 0.4) is 0 Å². The van der Waals surface area contributed by atoms with Crippen molar-refractivity contribution in [3.63, 3.8) is 0 Å². The van der Waals surface area contributed by atoms with E-state index in [-0.39, 0.29) is 6.42 Å². The molecule has 122 valence electrons. The van der Waals surface area contributed by atoms with Gasteiger partial charge in [0.25, 0.3) is 0 Å². The summed E-state index contributed by atoms with van der Waals surface area (Å²) in [6.07, 6.45) is 5.08. The van der Waals surface area contributed by atoms with Gasteiger partial charge in [0.05, 0.1) is 5.52 Å². The number of carboxylic acid groups (broad SMARTS) is 1. The molecule has 2 aromatic rings. The van der Waals surface area contributed by atoms with Crippen LogP contribution in [-0.4, -0.2) is 34.0 Å². The highest BCUT2D eigenvalue weighted by Crippen LogP contribution is 2.26. The van der Waals surface area contributed by atoms with E-state index in [2.05, 4.69) is 9.88 Å². The van der Waals surface area contributed by atoms with Crippen molar-refractivity contribution in [3.05, 3.63) is 41.0 Å². The Morgan fingerprint density at radius 1 is 1.35 bits per heavy atom. The third-order valence-electron chi connectivity index (χ3n) is 4.55. The van der Waals surface area contributed by atoms with Crippen LogP contribution >= 0.6 is 11.6 Å². The van der Waals surface area contributed by atoms with Gasteiger partial charge in [-0.2, -0.15) is 0 Å². The van der Waals surface area contributed by atoms with Crippen molar-refractivity contribution in [2.24, 2.45) is 5.92 Å². The molecule has 2 heterocycles. The summed E-state index contributed by atoms with van der Waals surface area (Å²) in [5, 5.41) is 10.8. The number of carbonyl (C=O) groups is 1. The summed E-state index contributed by atoms with van der Waals surface area (Å²) < 4.78 is 0. The molecule has 0 amide bonds. The van der Waals surface area contributed by atoms with Crippen molar-refractivity contribution in [3.8, 4) is 0 Å². The molecular formula is C18H21ClN2O2. The van der Waals surface area contributed by atoms with Crippen molar-refractivity contribution in [1.82, 2.24) is 9.88 Å². The monoisotopic (exact) mass is 332 g/mol. The summed E-state index contributed by atoms with van der Waals surface area (Å²) in [4.78, 5) is 17.8. The van der Waals surface area contributed by atoms with Crippen LogP contribution in [0.25, 0.3) is 10.9 Å². The van der Waals surface area contributed by atoms with Crippen molar-refractivity contribution in [2.45, 2.75) is 32.2 Å². The summed E-state index contributed by atoms with van der Waals surface area (Å²) >= 11 is 6.24.